The van der Waals surface area contributed by atoms with Crippen LogP contribution >= 0.6 is 0 Å². The van der Waals surface area contributed by atoms with Gasteiger partial charge in [-0.3, -0.25) is 4.79 Å². The fourth-order valence-electron chi connectivity index (χ4n) is 9.42. The lowest BCUT2D eigenvalue weighted by Crippen LogP contribution is -2.64. The zero-order chi connectivity index (χ0) is 24.9. The van der Waals surface area contributed by atoms with Gasteiger partial charge in [0.1, 0.15) is 0 Å². The minimum Gasteiger partial charge on any atom is -0.308 e. The fraction of sp³-hybridized carbons (Fsp3) is 0.733. The van der Waals surface area contributed by atoms with Crippen LogP contribution < -0.4 is 0 Å². The minimum absolute atomic E-state index is 0.0474. The van der Waals surface area contributed by atoms with Gasteiger partial charge in [-0.1, -0.05) is 53.2 Å². The van der Waals surface area contributed by atoms with Crippen molar-refractivity contribution in [3.63, 3.8) is 0 Å². The second-order valence-corrected chi connectivity index (χ2v) is 13.7. The molecule has 3 fully saturated rings. The number of nitriles is 1. The molecule has 0 unspecified atom stereocenters. The summed E-state index contributed by atoms with van der Waals surface area (Å²) in [5.74, 6) is 0.000267. The summed E-state index contributed by atoms with van der Waals surface area (Å²) in [6.07, 6.45) is 10.3. The number of ketones is 2. The third-order valence-corrected chi connectivity index (χ3v) is 11.7. The van der Waals surface area contributed by atoms with Crippen LogP contribution in [0.4, 0.5) is 0 Å². The second kappa shape index (κ2) is 6.94. The Morgan fingerprint density at radius 3 is 2.35 bits per heavy atom. The molecule has 34 heavy (non-hydrogen) atoms. The molecule has 0 N–H and O–H groups in total. The molecule has 0 spiro atoms. The highest BCUT2D eigenvalue weighted by Gasteiger charge is 2.69. The van der Waals surface area contributed by atoms with Gasteiger partial charge in [-0.05, 0) is 79.1 Å². The predicted molar refractivity (Wildman–Crippen MR) is 131 cm³/mol. The number of rotatable bonds is 0. The quantitative estimate of drug-likeness (QED) is 0.380. The van der Waals surface area contributed by atoms with Crippen LogP contribution in [0.25, 0.3) is 4.85 Å². The van der Waals surface area contributed by atoms with Crippen molar-refractivity contribution in [3.05, 3.63) is 34.8 Å². The van der Waals surface area contributed by atoms with Gasteiger partial charge in [0.05, 0.1) is 18.1 Å². The van der Waals surface area contributed by atoms with Gasteiger partial charge in [-0.2, -0.15) is 5.26 Å². The molecule has 8 atom stereocenters. The van der Waals surface area contributed by atoms with Crippen LogP contribution in [0.2, 0.25) is 0 Å². The van der Waals surface area contributed by atoms with E-state index in [1.165, 1.54) is 0 Å². The lowest BCUT2D eigenvalue weighted by atomic mass is 9.35. The molecule has 5 aliphatic rings. The maximum absolute atomic E-state index is 14.1. The number of Topliss-reactive ketones (excluding diaryl/α,β-unsaturated/α-hetero) is 1. The largest absolute Gasteiger partial charge is 0.308 e. The molecule has 4 heteroatoms. The number of fused-ring (bicyclic) bond motifs is 7. The number of hydrogen-bond acceptors (Lipinski definition) is 3. The first-order valence-corrected chi connectivity index (χ1v) is 13.1. The summed E-state index contributed by atoms with van der Waals surface area (Å²) >= 11 is 0. The smallest absolute Gasteiger partial charge is 0.226 e. The Labute approximate surface area is 204 Å². The van der Waals surface area contributed by atoms with Crippen LogP contribution in [0.5, 0.6) is 0 Å². The molecule has 180 valence electrons. The predicted octanol–water partition coefficient (Wildman–Crippen LogP) is 6.69. The van der Waals surface area contributed by atoms with Crippen molar-refractivity contribution in [1.82, 2.24) is 0 Å². The number of carbonyl (C=O) groups is 2. The molecule has 5 rings (SSSR count). The van der Waals surface area contributed by atoms with Crippen LogP contribution in [0.15, 0.2) is 23.4 Å². The molecule has 0 bridgehead atoms. The molecule has 0 amide bonds. The van der Waals surface area contributed by atoms with E-state index >= 15 is 0 Å². The van der Waals surface area contributed by atoms with E-state index in [4.69, 9.17) is 6.57 Å². The lowest BCUT2D eigenvalue weighted by Gasteiger charge is -2.68. The van der Waals surface area contributed by atoms with Crippen molar-refractivity contribution in [2.75, 3.05) is 0 Å². The molecular weight excluding hydrogens is 420 g/mol. The van der Waals surface area contributed by atoms with Gasteiger partial charge in [0, 0.05) is 17.3 Å². The Morgan fingerprint density at radius 1 is 1.03 bits per heavy atom. The van der Waals surface area contributed by atoms with Crippen molar-refractivity contribution in [3.8, 4) is 6.07 Å². The summed E-state index contributed by atoms with van der Waals surface area (Å²) in [4.78, 5) is 30.6. The molecule has 3 saturated carbocycles. The van der Waals surface area contributed by atoms with Crippen molar-refractivity contribution < 1.29 is 9.59 Å². The van der Waals surface area contributed by atoms with Crippen LogP contribution in [-0.2, 0) is 9.59 Å². The Balaban J connectivity index is 1.69. The van der Waals surface area contributed by atoms with Gasteiger partial charge >= 0.3 is 0 Å². The zero-order valence-corrected chi connectivity index (χ0v) is 21.6. The Kier molecular flexibility index (Phi) is 4.80. The summed E-state index contributed by atoms with van der Waals surface area (Å²) in [7, 11) is 0. The van der Waals surface area contributed by atoms with Gasteiger partial charge < -0.3 is 4.79 Å². The molecular formula is C30H38N2O2. The maximum Gasteiger partial charge on any atom is 0.226 e. The summed E-state index contributed by atoms with van der Waals surface area (Å²) in [5.41, 5.74) is 0.254. The molecule has 0 heterocycles. The standard InChI is InChI=1S/C30H38N2O2/c1-18-19-8-9-28(5)23(27(19,4)16-21(32-7)25(18)34)14-22(33)24-20-15-26(2,3)10-12-30(20,17-31)13-11-29(24,28)6/h14,16,18-20,24H,8-13,15H2,1-6H3/t18-,19-,20-,24-,27-,28+,29+,30+/m0/s1. The normalized spacial score (nSPS) is 49.2. The van der Waals surface area contributed by atoms with E-state index in [1.54, 1.807) is 0 Å². The number of nitrogens with zero attached hydrogens (tertiary/aromatic N) is 2. The third-order valence-electron chi connectivity index (χ3n) is 11.7. The summed E-state index contributed by atoms with van der Waals surface area (Å²) in [6.45, 7) is 21.0. The first-order valence-electron chi connectivity index (χ1n) is 13.1. The van der Waals surface area contributed by atoms with Crippen molar-refractivity contribution in [1.29, 1.82) is 5.26 Å². The highest BCUT2D eigenvalue weighted by molar-refractivity contribution is 6.01. The van der Waals surface area contributed by atoms with Crippen LogP contribution in [-0.4, -0.2) is 11.6 Å². The fourth-order valence-corrected chi connectivity index (χ4v) is 9.42. The molecule has 0 aromatic carbocycles. The molecule has 4 nitrogen and oxygen atoms in total. The van der Waals surface area contributed by atoms with Crippen molar-refractivity contribution in [2.24, 2.45) is 50.7 Å². The summed E-state index contributed by atoms with van der Waals surface area (Å²) in [6, 6.07) is 2.74. The Hall–Kier alpha value is -2.20. The van der Waals surface area contributed by atoms with Crippen LogP contribution in [0.3, 0.4) is 0 Å². The lowest BCUT2D eigenvalue weighted by molar-refractivity contribution is -0.161. The summed E-state index contributed by atoms with van der Waals surface area (Å²) in [5, 5.41) is 10.4. The van der Waals surface area contributed by atoms with Gasteiger partial charge in [0.15, 0.2) is 11.6 Å². The number of carbonyl (C=O) groups excluding carboxylic acids is 2. The maximum atomic E-state index is 14.1. The third kappa shape index (κ3) is 2.69. The van der Waals surface area contributed by atoms with E-state index in [-0.39, 0.29) is 62.6 Å². The zero-order valence-electron chi connectivity index (χ0n) is 21.6. The van der Waals surface area contributed by atoms with E-state index in [0.29, 0.717) is 0 Å². The van der Waals surface area contributed by atoms with Crippen LogP contribution in [0.1, 0.15) is 86.5 Å². The Morgan fingerprint density at radius 2 is 1.71 bits per heavy atom. The SMILES string of the molecule is [C-]#[N+]C1=C[C@]2(C)C3=CC(=O)[C@@H]4[C@@H]5CC(C)(C)CC[C@]5(C#N)CC[C@@]4(C)[C@]3(C)CC[C@H]2[C@H](C)C1=O. The first-order chi connectivity index (χ1) is 15.8. The van der Waals surface area contributed by atoms with Crippen molar-refractivity contribution in [2.45, 2.75) is 86.5 Å². The monoisotopic (exact) mass is 458 g/mol. The molecule has 0 radical (unpaired) electrons. The molecule has 0 aliphatic heterocycles. The van der Waals surface area contributed by atoms with Gasteiger partial charge in [-0.25, -0.2) is 4.85 Å². The topological polar surface area (TPSA) is 62.3 Å². The molecule has 5 aliphatic carbocycles. The van der Waals surface area contributed by atoms with Gasteiger partial charge in [0.25, 0.3) is 0 Å². The van der Waals surface area contributed by atoms with Gasteiger partial charge in [-0.15, -0.1) is 0 Å². The van der Waals surface area contributed by atoms with E-state index < -0.39 is 5.41 Å². The highest BCUT2D eigenvalue weighted by atomic mass is 16.1. The molecule has 0 saturated heterocycles. The van der Waals surface area contributed by atoms with Crippen LogP contribution in [0, 0.1) is 68.6 Å². The van der Waals surface area contributed by atoms with Gasteiger partial charge in [0.2, 0.25) is 5.70 Å². The second-order valence-electron chi connectivity index (χ2n) is 13.7. The molecule has 0 aromatic rings. The Bertz CT molecular complexity index is 1130. The average Bonchev–Trinajstić information content (AvgIpc) is 2.77. The van der Waals surface area contributed by atoms with E-state index in [2.05, 4.69) is 45.5 Å². The number of allylic oxidation sites excluding steroid dienone is 4. The minimum atomic E-state index is -0.459. The summed E-state index contributed by atoms with van der Waals surface area (Å²) < 4.78 is 0. The highest BCUT2D eigenvalue weighted by Crippen LogP contribution is 2.73. The first kappa shape index (κ1) is 23.5. The van der Waals surface area contributed by atoms with E-state index in [9.17, 15) is 14.9 Å². The molecule has 0 aromatic heterocycles. The van der Waals surface area contributed by atoms with E-state index in [0.717, 1.165) is 50.5 Å². The van der Waals surface area contributed by atoms with E-state index in [1.807, 2.05) is 19.1 Å². The number of hydrogen-bond donors (Lipinski definition) is 0. The van der Waals surface area contributed by atoms with Crippen molar-refractivity contribution >= 4 is 11.6 Å². The average molecular weight is 459 g/mol.